The number of H-pyrrole nitrogens is 1. The van der Waals surface area contributed by atoms with Crippen molar-refractivity contribution in [3.8, 4) is 11.3 Å². The number of alkyl halides is 3. The van der Waals surface area contributed by atoms with Crippen LogP contribution in [0.2, 0.25) is 5.02 Å². The van der Waals surface area contributed by atoms with Crippen molar-refractivity contribution in [2.24, 2.45) is 5.41 Å². The summed E-state index contributed by atoms with van der Waals surface area (Å²) in [5.74, 6) is -1.00. The van der Waals surface area contributed by atoms with Gasteiger partial charge in [-0.1, -0.05) is 44.5 Å². The van der Waals surface area contributed by atoms with Crippen molar-refractivity contribution in [2.75, 3.05) is 0 Å². The van der Waals surface area contributed by atoms with Crippen molar-refractivity contribution in [1.82, 2.24) is 19.9 Å². The smallest absolute Gasteiger partial charge is 0.348 e. The fraction of sp³-hybridized carbons (Fsp3) is 0.381. The third-order valence-electron chi connectivity index (χ3n) is 5.25. The zero-order chi connectivity index (χ0) is 23.3. The molecular formula is C21H22ClF3N4O2. The number of fused-ring (bicyclic) bond motifs is 1. The van der Waals surface area contributed by atoms with E-state index in [0.29, 0.717) is 10.6 Å². The molecule has 2 aromatic heterocycles. The molecule has 1 amide bonds. The number of amides is 1. The van der Waals surface area contributed by atoms with Gasteiger partial charge in [-0.05, 0) is 30.9 Å². The first-order valence-electron chi connectivity index (χ1n) is 9.50. The monoisotopic (exact) mass is 454 g/mol. The highest BCUT2D eigenvalue weighted by molar-refractivity contribution is 6.31. The molecule has 0 fully saturated rings. The lowest BCUT2D eigenvalue weighted by Crippen LogP contribution is -2.42. The van der Waals surface area contributed by atoms with Crippen LogP contribution in [0.15, 0.2) is 29.2 Å². The van der Waals surface area contributed by atoms with Crippen molar-refractivity contribution in [1.29, 1.82) is 0 Å². The van der Waals surface area contributed by atoms with Gasteiger partial charge in [0, 0.05) is 16.6 Å². The molecule has 0 aliphatic carbocycles. The van der Waals surface area contributed by atoms with Crippen LogP contribution in [0.25, 0.3) is 16.8 Å². The lowest BCUT2D eigenvalue weighted by atomic mass is 9.88. The molecule has 0 aliphatic heterocycles. The van der Waals surface area contributed by atoms with E-state index in [2.05, 4.69) is 15.4 Å². The third-order valence-corrected chi connectivity index (χ3v) is 5.66. The van der Waals surface area contributed by atoms with Gasteiger partial charge in [-0.2, -0.15) is 18.3 Å². The second-order valence-electron chi connectivity index (χ2n) is 8.54. The number of benzene rings is 1. The van der Waals surface area contributed by atoms with Crippen LogP contribution < -0.4 is 10.9 Å². The summed E-state index contributed by atoms with van der Waals surface area (Å²) in [6, 6.07) is 4.54. The summed E-state index contributed by atoms with van der Waals surface area (Å²) in [7, 11) is 0. The SMILES string of the molecule is Cc1ccc(-c2cn3nc(C(=O)N[C@H](C)C(C)(C)C)c(C(F)(F)F)c3c(=O)[nH]2)cc1Cl. The Labute approximate surface area is 181 Å². The molecule has 0 spiro atoms. The number of aromatic amines is 1. The minimum atomic E-state index is -4.96. The number of nitrogens with zero attached hydrogens (tertiary/aromatic N) is 2. The highest BCUT2D eigenvalue weighted by Gasteiger charge is 2.42. The number of aromatic nitrogens is 3. The maximum atomic E-state index is 13.8. The quantitative estimate of drug-likeness (QED) is 0.594. The van der Waals surface area contributed by atoms with E-state index in [4.69, 9.17) is 11.6 Å². The summed E-state index contributed by atoms with van der Waals surface area (Å²) in [6.45, 7) is 9.01. The molecule has 10 heteroatoms. The van der Waals surface area contributed by atoms with Gasteiger partial charge in [0.2, 0.25) is 0 Å². The zero-order valence-electron chi connectivity index (χ0n) is 17.6. The molecule has 31 heavy (non-hydrogen) atoms. The second kappa shape index (κ2) is 7.71. The Morgan fingerprint density at radius 3 is 2.45 bits per heavy atom. The Morgan fingerprint density at radius 1 is 1.26 bits per heavy atom. The maximum absolute atomic E-state index is 13.8. The molecule has 0 saturated heterocycles. The largest absolute Gasteiger partial charge is 0.421 e. The van der Waals surface area contributed by atoms with Gasteiger partial charge >= 0.3 is 6.18 Å². The molecule has 0 radical (unpaired) electrons. The molecule has 0 aliphatic rings. The topological polar surface area (TPSA) is 79.3 Å². The molecule has 3 aromatic rings. The van der Waals surface area contributed by atoms with Gasteiger partial charge in [0.25, 0.3) is 11.5 Å². The van der Waals surface area contributed by atoms with Crippen LogP contribution in [0, 0.1) is 12.3 Å². The fourth-order valence-corrected chi connectivity index (χ4v) is 3.08. The zero-order valence-corrected chi connectivity index (χ0v) is 18.4. The Hall–Kier alpha value is -2.81. The van der Waals surface area contributed by atoms with Crippen LogP contribution in [-0.2, 0) is 6.18 Å². The molecule has 2 heterocycles. The lowest BCUT2D eigenvalue weighted by molar-refractivity contribution is -0.136. The first kappa shape index (κ1) is 22.9. The highest BCUT2D eigenvalue weighted by Crippen LogP contribution is 2.35. The van der Waals surface area contributed by atoms with Crippen molar-refractivity contribution >= 4 is 23.0 Å². The van der Waals surface area contributed by atoms with Gasteiger partial charge in [0.05, 0.1) is 11.9 Å². The van der Waals surface area contributed by atoms with Gasteiger partial charge < -0.3 is 10.3 Å². The third kappa shape index (κ3) is 4.46. The standard InChI is InChI=1S/C21H22ClF3N4O2/c1-10-6-7-12(8-13(10)22)14-9-29-17(19(31)27-14)15(21(23,24)25)16(28-29)18(30)26-11(2)20(3,4)5/h6-9,11H,1-5H3,(H,26,30)(H,27,31)/t11-/m1/s1. The summed E-state index contributed by atoms with van der Waals surface area (Å²) in [5, 5.41) is 6.81. The van der Waals surface area contributed by atoms with E-state index < -0.39 is 40.5 Å². The molecule has 1 atom stereocenters. The minimum absolute atomic E-state index is 0.214. The Bertz CT molecular complexity index is 1220. The minimum Gasteiger partial charge on any atom is -0.348 e. The number of rotatable bonds is 3. The average molecular weight is 455 g/mol. The highest BCUT2D eigenvalue weighted by atomic mass is 35.5. The summed E-state index contributed by atoms with van der Waals surface area (Å²) in [4.78, 5) is 27.7. The molecule has 2 N–H and O–H groups in total. The maximum Gasteiger partial charge on any atom is 0.421 e. The van der Waals surface area contributed by atoms with Gasteiger partial charge in [0.1, 0.15) is 11.1 Å². The van der Waals surface area contributed by atoms with E-state index in [9.17, 15) is 22.8 Å². The van der Waals surface area contributed by atoms with E-state index in [1.165, 1.54) is 6.20 Å². The Balaban J connectivity index is 2.20. The van der Waals surface area contributed by atoms with E-state index >= 15 is 0 Å². The number of carbonyl (C=O) groups is 1. The summed E-state index contributed by atoms with van der Waals surface area (Å²) < 4.78 is 42.3. The number of carbonyl (C=O) groups excluding carboxylic acids is 1. The Kier molecular flexibility index (Phi) is 5.69. The van der Waals surface area contributed by atoms with Crippen LogP contribution >= 0.6 is 11.6 Å². The van der Waals surface area contributed by atoms with Crippen LogP contribution in [-0.4, -0.2) is 26.5 Å². The van der Waals surface area contributed by atoms with E-state index in [0.717, 1.165) is 10.1 Å². The Morgan fingerprint density at radius 2 is 1.90 bits per heavy atom. The van der Waals surface area contributed by atoms with Crippen molar-refractivity contribution in [3.05, 3.63) is 56.6 Å². The number of halogens is 4. The molecule has 166 valence electrons. The van der Waals surface area contributed by atoms with Crippen molar-refractivity contribution in [2.45, 2.75) is 46.8 Å². The predicted molar refractivity (Wildman–Crippen MR) is 112 cm³/mol. The van der Waals surface area contributed by atoms with Crippen molar-refractivity contribution in [3.63, 3.8) is 0 Å². The summed E-state index contributed by atoms with van der Waals surface area (Å²) in [5.41, 5.74) is -2.87. The van der Waals surface area contributed by atoms with Crippen LogP contribution in [0.5, 0.6) is 0 Å². The molecule has 0 saturated carbocycles. The predicted octanol–water partition coefficient (Wildman–Crippen LogP) is 4.83. The molecule has 0 unspecified atom stereocenters. The number of aryl methyl sites for hydroxylation is 1. The average Bonchev–Trinajstić information content (AvgIpc) is 3.03. The normalized spacial score (nSPS) is 13.5. The van der Waals surface area contributed by atoms with E-state index in [-0.39, 0.29) is 11.1 Å². The molecule has 3 rings (SSSR count). The fourth-order valence-electron chi connectivity index (χ4n) is 2.90. The summed E-state index contributed by atoms with van der Waals surface area (Å²) >= 11 is 6.12. The van der Waals surface area contributed by atoms with Crippen LogP contribution in [0.3, 0.4) is 0 Å². The van der Waals surface area contributed by atoms with Gasteiger partial charge in [-0.15, -0.1) is 0 Å². The number of hydrogen-bond acceptors (Lipinski definition) is 3. The van der Waals surface area contributed by atoms with Gasteiger partial charge in [-0.3, -0.25) is 9.59 Å². The molecule has 6 nitrogen and oxygen atoms in total. The molecular weight excluding hydrogens is 433 g/mol. The van der Waals surface area contributed by atoms with Crippen LogP contribution in [0.1, 0.15) is 49.3 Å². The summed E-state index contributed by atoms with van der Waals surface area (Å²) in [6.07, 6.45) is -3.72. The van der Waals surface area contributed by atoms with E-state index in [1.807, 2.05) is 20.8 Å². The molecule has 1 aromatic carbocycles. The second-order valence-corrected chi connectivity index (χ2v) is 8.94. The molecule has 0 bridgehead atoms. The van der Waals surface area contributed by atoms with Gasteiger partial charge in [0.15, 0.2) is 5.69 Å². The van der Waals surface area contributed by atoms with E-state index in [1.54, 1.807) is 32.0 Å². The first-order chi connectivity index (χ1) is 14.2. The number of hydrogen-bond donors (Lipinski definition) is 2. The van der Waals surface area contributed by atoms with Crippen LogP contribution in [0.4, 0.5) is 13.2 Å². The lowest BCUT2D eigenvalue weighted by Gasteiger charge is -2.27. The number of nitrogens with one attached hydrogen (secondary N) is 2. The first-order valence-corrected chi connectivity index (χ1v) is 9.88. The van der Waals surface area contributed by atoms with Gasteiger partial charge in [-0.25, -0.2) is 4.52 Å². The van der Waals surface area contributed by atoms with Crippen molar-refractivity contribution < 1.29 is 18.0 Å².